The highest BCUT2D eigenvalue weighted by Gasteiger charge is 2.33. The molecule has 21 heavy (non-hydrogen) atoms. The van der Waals surface area contributed by atoms with E-state index in [1.807, 2.05) is 0 Å². The minimum absolute atomic E-state index is 0.678. The van der Waals surface area contributed by atoms with E-state index in [-0.39, 0.29) is 0 Å². The van der Waals surface area contributed by atoms with E-state index in [9.17, 15) is 0 Å². The van der Waals surface area contributed by atoms with Crippen LogP contribution in [0.4, 0.5) is 0 Å². The molecule has 2 aliphatic carbocycles. The highest BCUT2D eigenvalue weighted by atomic mass is 16.5. The number of nitrogens with one attached hydrogen (secondary N) is 1. The molecule has 0 unspecified atom stereocenters. The van der Waals surface area contributed by atoms with Crippen LogP contribution in [0.15, 0.2) is 24.3 Å². The van der Waals surface area contributed by atoms with Crippen molar-refractivity contribution in [2.24, 2.45) is 5.92 Å². The monoisotopic (exact) mass is 287 g/mol. The Labute approximate surface area is 129 Å². The second kappa shape index (κ2) is 6.83. The molecule has 0 bridgehead atoms. The highest BCUT2D eigenvalue weighted by molar-refractivity contribution is 5.37. The molecule has 0 heterocycles. The van der Waals surface area contributed by atoms with Crippen LogP contribution in [-0.4, -0.2) is 19.2 Å². The van der Waals surface area contributed by atoms with Crippen LogP contribution in [0, 0.1) is 5.92 Å². The summed E-state index contributed by atoms with van der Waals surface area (Å²) >= 11 is 0. The molecule has 0 aromatic heterocycles. The zero-order chi connectivity index (χ0) is 14.7. The Kier molecular flexibility index (Phi) is 4.84. The van der Waals surface area contributed by atoms with Crippen LogP contribution in [0.3, 0.4) is 0 Å². The molecule has 2 nitrogen and oxygen atoms in total. The molecule has 116 valence electrons. The summed E-state index contributed by atoms with van der Waals surface area (Å²) in [4.78, 5) is 0. The third kappa shape index (κ3) is 3.42. The van der Waals surface area contributed by atoms with Gasteiger partial charge in [-0.2, -0.15) is 0 Å². The van der Waals surface area contributed by atoms with Crippen molar-refractivity contribution >= 4 is 0 Å². The first kappa shape index (κ1) is 14.9. The summed E-state index contributed by atoms with van der Waals surface area (Å²) in [7, 11) is 1.78. The fourth-order valence-electron chi connectivity index (χ4n) is 4.15. The SMILES string of the molecule is COc1ccccc1C1CC(N[C@@H](C)C2CCCCC2)C1. The van der Waals surface area contributed by atoms with Crippen LogP contribution in [0.5, 0.6) is 5.75 Å². The van der Waals surface area contributed by atoms with Crippen LogP contribution in [0.2, 0.25) is 0 Å². The molecule has 2 fully saturated rings. The van der Waals surface area contributed by atoms with Gasteiger partial charge in [-0.15, -0.1) is 0 Å². The van der Waals surface area contributed by atoms with Crippen molar-refractivity contribution in [2.45, 2.75) is 69.9 Å². The molecule has 2 heteroatoms. The van der Waals surface area contributed by atoms with Gasteiger partial charge in [0.25, 0.3) is 0 Å². The number of hydrogen-bond donors (Lipinski definition) is 1. The number of rotatable bonds is 5. The Morgan fingerprint density at radius 3 is 2.52 bits per heavy atom. The number of benzene rings is 1. The molecule has 0 radical (unpaired) electrons. The number of hydrogen-bond acceptors (Lipinski definition) is 2. The standard InChI is InChI=1S/C19H29NO/c1-14(15-8-4-3-5-9-15)20-17-12-16(13-17)18-10-6-7-11-19(18)21-2/h6-7,10-11,14-17,20H,3-5,8-9,12-13H2,1-2H3/t14-,16?,17?/m0/s1. The molecule has 1 N–H and O–H groups in total. The van der Waals surface area contributed by atoms with Crippen LogP contribution in [0.25, 0.3) is 0 Å². The van der Waals surface area contributed by atoms with Crippen LogP contribution in [0.1, 0.15) is 63.4 Å². The predicted molar refractivity (Wildman–Crippen MR) is 87.9 cm³/mol. The van der Waals surface area contributed by atoms with Gasteiger partial charge < -0.3 is 10.1 Å². The topological polar surface area (TPSA) is 21.3 Å². The Bertz CT molecular complexity index is 447. The zero-order valence-corrected chi connectivity index (χ0v) is 13.5. The molecule has 0 spiro atoms. The van der Waals surface area contributed by atoms with Gasteiger partial charge in [-0.05, 0) is 56.1 Å². The minimum Gasteiger partial charge on any atom is -0.496 e. The first-order valence-electron chi connectivity index (χ1n) is 8.67. The van der Waals surface area contributed by atoms with Crippen LogP contribution < -0.4 is 10.1 Å². The first-order chi connectivity index (χ1) is 10.3. The average molecular weight is 287 g/mol. The quantitative estimate of drug-likeness (QED) is 0.861. The lowest BCUT2D eigenvalue weighted by molar-refractivity contribution is 0.209. The number of para-hydroxylation sites is 1. The van der Waals surface area contributed by atoms with Crippen LogP contribution in [-0.2, 0) is 0 Å². The smallest absolute Gasteiger partial charge is 0.122 e. The third-order valence-corrected chi connectivity index (χ3v) is 5.57. The van der Waals surface area contributed by atoms with Gasteiger partial charge in [0.2, 0.25) is 0 Å². The van der Waals surface area contributed by atoms with Crippen molar-refractivity contribution in [3.05, 3.63) is 29.8 Å². The maximum absolute atomic E-state index is 5.49. The summed E-state index contributed by atoms with van der Waals surface area (Å²) in [5.74, 6) is 2.64. The van der Waals surface area contributed by atoms with E-state index < -0.39 is 0 Å². The summed E-state index contributed by atoms with van der Waals surface area (Å²) in [5.41, 5.74) is 1.39. The zero-order valence-electron chi connectivity index (χ0n) is 13.5. The van der Waals surface area contributed by atoms with Gasteiger partial charge in [0, 0.05) is 12.1 Å². The van der Waals surface area contributed by atoms with Crippen molar-refractivity contribution in [1.82, 2.24) is 5.32 Å². The lowest BCUT2D eigenvalue weighted by Gasteiger charge is -2.40. The largest absolute Gasteiger partial charge is 0.496 e. The summed E-state index contributed by atoms with van der Waals surface area (Å²) in [5, 5.41) is 3.88. The third-order valence-electron chi connectivity index (χ3n) is 5.57. The molecule has 1 atom stereocenters. The molecule has 2 aliphatic rings. The summed E-state index contributed by atoms with van der Waals surface area (Å²) in [6, 6.07) is 9.89. The van der Waals surface area contributed by atoms with Gasteiger partial charge in [-0.25, -0.2) is 0 Å². The van der Waals surface area contributed by atoms with E-state index in [4.69, 9.17) is 4.74 Å². The molecule has 0 amide bonds. The van der Waals surface area contributed by atoms with E-state index in [1.54, 1.807) is 7.11 Å². The van der Waals surface area contributed by atoms with Crippen molar-refractivity contribution in [2.75, 3.05) is 7.11 Å². The number of ether oxygens (including phenoxy) is 1. The Morgan fingerprint density at radius 2 is 1.81 bits per heavy atom. The van der Waals surface area contributed by atoms with Crippen molar-refractivity contribution in [1.29, 1.82) is 0 Å². The molecule has 1 aromatic carbocycles. The Morgan fingerprint density at radius 1 is 1.10 bits per heavy atom. The van der Waals surface area contributed by atoms with Gasteiger partial charge in [-0.1, -0.05) is 37.5 Å². The van der Waals surface area contributed by atoms with E-state index in [0.717, 1.165) is 11.7 Å². The molecule has 1 aromatic rings. The molecule has 3 rings (SSSR count). The normalized spacial score (nSPS) is 27.9. The van der Waals surface area contributed by atoms with Crippen molar-refractivity contribution in [3.63, 3.8) is 0 Å². The number of methoxy groups -OCH3 is 1. The fraction of sp³-hybridized carbons (Fsp3) is 0.684. The van der Waals surface area contributed by atoms with Crippen LogP contribution >= 0.6 is 0 Å². The van der Waals surface area contributed by atoms with Gasteiger partial charge in [0.05, 0.1) is 7.11 Å². The Balaban J connectivity index is 1.49. The minimum atomic E-state index is 0.678. The maximum Gasteiger partial charge on any atom is 0.122 e. The molecular formula is C19H29NO. The second-order valence-electron chi connectivity index (χ2n) is 6.96. The van der Waals surface area contributed by atoms with E-state index in [1.165, 1.54) is 50.5 Å². The highest BCUT2D eigenvalue weighted by Crippen LogP contribution is 2.41. The summed E-state index contributed by atoms with van der Waals surface area (Å²) in [6.45, 7) is 2.40. The lowest BCUT2D eigenvalue weighted by Crippen LogP contribution is -2.47. The molecule has 0 saturated heterocycles. The predicted octanol–water partition coefficient (Wildman–Crippen LogP) is 4.50. The first-order valence-corrected chi connectivity index (χ1v) is 8.67. The molecular weight excluding hydrogens is 258 g/mol. The van der Waals surface area contributed by atoms with Gasteiger partial charge in [0.15, 0.2) is 0 Å². The summed E-state index contributed by atoms with van der Waals surface area (Å²) in [6.07, 6.45) is 9.70. The van der Waals surface area contributed by atoms with Gasteiger partial charge >= 0.3 is 0 Å². The molecule has 0 aliphatic heterocycles. The van der Waals surface area contributed by atoms with E-state index >= 15 is 0 Å². The van der Waals surface area contributed by atoms with Gasteiger partial charge in [-0.3, -0.25) is 0 Å². The average Bonchev–Trinajstić information content (AvgIpc) is 2.51. The van der Waals surface area contributed by atoms with E-state index in [2.05, 4.69) is 36.5 Å². The lowest BCUT2D eigenvalue weighted by atomic mass is 9.74. The van der Waals surface area contributed by atoms with Crippen molar-refractivity contribution < 1.29 is 4.74 Å². The van der Waals surface area contributed by atoms with Gasteiger partial charge in [0.1, 0.15) is 5.75 Å². The Hall–Kier alpha value is -1.02. The summed E-state index contributed by atoms with van der Waals surface area (Å²) < 4.78 is 5.49. The second-order valence-corrected chi connectivity index (χ2v) is 6.96. The fourth-order valence-corrected chi connectivity index (χ4v) is 4.15. The maximum atomic E-state index is 5.49. The molecule has 2 saturated carbocycles. The van der Waals surface area contributed by atoms with Crippen molar-refractivity contribution in [3.8, 4) is 5.75 Å². The van der Waals surface area contributed by atoms with E-state index in [0.29, 0.717) is 18.0 Å².